The van der Waals surface area contributed by atoms with Crippen molar-refractivity contribution in [2.24, 2.45) is 7.05 Å². The summed E-state index contributed by atoms with van der Waals surface area (Å²) in [6, 6.07) is 11.5. The lowest BCUT2D eigenvalue weighted by Gasteiger charge is -2.06. The Morgan fingerprint density at radius 2 is 1.63 bits per heavy atom. The number of carbonyl (C=O) groups excluding carboxylic acids is 2. The molecule has 0 unspecified atom stereocenters. The Labute approximate surface area is 163 Å². The Kier molecular flexibility index (Phi) is 10.2. The highest BCUT2D eigenvalue weighted by Crippen LogP contribution is 2.18. The third kappa shape index (κ3) is 7.41. The molecule has 0 saturated carbocycles. The summed E-state index contributed by atoms with van der Waals surface area (Å²) >= 11 is 0. The van der Waals surface area contributed by atoms with Crippen LogP contribution in [0.25, 0.3) is 0 Å². The Hall–Kier alpha value is -2.36. The topological polar surface area (TPSA) is 62.1 Å². The van der Waals surface area contributed by atoms with Gasteiger partial charge in [0, 0.05) is 24.3 Å². The molecule has 2 aromatic rings. The summed E-state index contributed by atoms with van der Waals surface area (Å²) in [5.74, 6) is -0.818. The molecule has 0 bridgehead atoms. The van der Waals surface area contributed by atoms with Gasteiger partial charge in [-0.15, -0.1) is 0 Å². The van der Waals surface area contributed by atoms with E-state index >= 15 is 0 Å². The average Bonchev–Trinajstić information content (AvgIpc) is 2.95. The van der Waals surface area contributed by atoms with Crippen molar-refractivity contribution < 1.29 is 14.7 Å². The van der Waals surface area contributed by atoms with Gasteiger partial charge in [0.25, 0.3) is 0 Å². The number of carboxylic acid groups (broad SMARTS) is 1. The maximum Gasteiger partial charge on any atom is 0.209 e. The standard InChI is InChI=1S/C15H17NO.C8H16O2/c1-4-13-10-11(2)14(16(13)3)15(17)12-8-6-5-7-9-12;1-2-3-4-5-6-7-8(9)10/h5-10H,4H2,1-3H3;2-7H2,1H3,(H,9,10)/p-1. The molecule has 148 valence electrons. The minimum absolute atomic E-state index is 0.102. The van der Waals surface area contributed by atoms with E-state index in [-0.39, 0.29) is 12.2 Å². The van der Waals surface area contributed by atoms with Crippen LogP contribution in [0.1, 0.15) is 79.7 Å². The normalized spacial score (nSPS) is 10.2. The average molecular weight is 371 g/mol. The number of aromatic nitrogens is 1. The number of hydrogen-bond donors (Lipinski definition) is 0. The van der Waals surface area contributed by atoms with E-state index in [1.165, 1.54) is 18.5 Å². The molecule has 0 aliphatic rings. The minimum atomic E-state index is -0.920. The molecule has 27 heavy (non-hydrogen) atoms. The first-order chi connectivity index (χ1) is 12.9. The molecule has 0 atom stereocenters. The second-order valence-electron chi connectivity index (χ2n) is 6.81. The first-order valence-electron chi connectivity index (χ1n) is 9.87. The second kappa shape index (κ2) is 12.1. The van der Waals surface area contributed by atoms with Crippen LogP contribution in [0.15, 0.2) is 36.4 Å². The highest BCUT2D eigenvalue weighted by molar-refractivity contribution is 6.09. The van der Waals surface area contributed by atoms with E-state index in [2.05, 4.69) is 19.9 Å². The SMILES string of the molecule is CCCCCCCC(=O)[O-].CCc1cc(C)c(C(=O)c2ccccc2)n1C. The van der Waals surface area contributed by atoms with E-state index in [1.54, 1.807) is 0 Å². The predicted molar refractivity (Wildman–Crippen MR) is 108 cm³/mol. The lowest BCUT2D eigenvalue weighted by atomic mass is 10.1. The van der Waals surface area contributed by atoms with Crippen LogP contribution in [0.4, 0.5) is 0 Å². The fourth-order valence-corrected chi connectivity index (χ4v) is 3.09. The Bertz CT molecular complexity index is 717. The summed E-state index contributed by atoms with van der Waals surface area (Å²) in [4.78, 5) is 22.3. The van der Waals surface area contributed by atoms with Crippen LogP contribution < -0.4 is 5.11 Å². The van der Waals surface area contributed by atoms with Gasteiger partial charge in [0.05, 0.1) is 5.69 Å². The summed E-state index contributed by atoms with van der Waals surface area (Å²) in [6.07, 6.45) is 6.55. The number of aryl methyl sites for hydroxylation is 2. The molecule has 0 saturated heterocycles. The monoisotopic (exact) mass is 370 g/mol. The van der Waals surface area contributed by atoms with Crippen molar-refractivity contribution in [3.8, 4) is 0 Å². The van der Waals surface area contributed by atoms with Crippen molar-refractivity contribution >= 4 is 11.8 Å². The van der Waals surface area contributed by atoms with Gasteiger partial charge in [0.15, 0.2) is 0 Å². The molecule has 0 aliphatic carbocycles. The van der Waals surface area contributed by atoms with Gasteiger partial charge in [-0.25, -0.2) is 0 Å². The third-order valence-electron chi connectivity index (χ3n) is 4.62. The fraction of sp³-hybridized carbons (Fsp3) is 0.478. The molecule has 0 spiro atoms. The van der Waals surface area contributed by atoms with E-state index in [0.717, 1.165) is 42.5 Å². The van der Waals surface area contributed by atoms with Crippen LogP contribution in [0.5, 0.6) is 0 Å². The first-order valence-corrected chi connectivity index (χ1v) is 9.87. The first kappa shape index (κ1) is 22.7. The molecule has 4 nitrogen and oxygen atoms in total. The zero-order valence-electron chi connectivity index (χ0n) is 17.1. The maximum atomic E-state index is 12.4. The summed E-state index contributed by atoms with van der Waals surface area (Å²) in [7, 11) is 1.96. The van der Waals surface area contributed by atoms with Crippen molar-refractivity contribution in [1.82, 2.24) is 4.57 Å². The lowest BCUT2D eigenvalue weighted by Crippen LogP contribution is -2.21. The van der Waals surface area contributed by atoms with Gasteiger partial charge in [-0.2, -0.15) is 0 Å². The summed E-state index contributed by atoms with van der Waals surface area (Å²) in [5.41, 5.74) is 3.80. The zero-order valence-corrected chi connectivity index (χ0v) is 17.1. The number of rotatable bonds is 9. The summed E-state index contributed by atoms with van der Waals surface area (Å²) in [6.45, 7) is 6.24. The second-order valence-corrected chi connectivity index (χ2v) is 6.81. The number of ketones is 1. The molecule has 0 fully saturated rings. The highest BCUT2D eigenvalue weighted by atomic mass is 16.4. The molecule has 1 heterocycles. The summed E-state index contributed by atoms with van der Waals surface area (Å²) in [5, 5.41) is 9.92. The molecule has 0 amide bonds. The van der Waals surface area contributed by atoms with Crippen molar-refractivity contribution in [2.45, 2.75) is 65.7 Å². The van der Waals surface area contributed by atoms with E-state index in [4.69, 9.17) is 0 Å². The molecule has 0 radical (unpaired) electrons. The number of carbonyl (C=O) groups is 2. The van der Waals surface area contributed by atoms with Crippen LogP contribution in [-0.2, 0) is 18.3 Å². The number of aliphatic carboxylic acids is 1. The predicted octanol–water partition coefficient (Wildman–Crippen LogP) is 4.22. The largest absolute Gasteiger partial charge is 0.550 e. The smallest absolute Gasteiger partial charge is 0.209 e. The Balaban J connectivity index is 0.000000314. The molecule has 1 aromatic heterocycles. The minimum Gasteiger partial charge on any atom is -0.550 e. The van der Waals surface area contributed by atoms with E-state index in [9.17, 15) is 14.7 Å². The van der Waals surface area contributed by atoms with Gasteiger partial charge < -0.3 is 14.5 Å². The summed E-state index contributed by atoms with van der Waals surface area (Å²) < 4.78 is 2.00. The maximum absolute atomic E-state index is 12.4. The Morgan fingerprint density at radius 3 is 2.15 bits per heavy atom. The highest BCUT2D eigenvalue weighted by Gasteiger charge is 2.17. The van der Waals surface area contributed by atoms with E-state index in [0.29, 0.717) is 0 Å². The molecular weight excluding hydrogens is 338 g/mol. The van der Waals surface area contributed by atoms with Crippen LogP contribution in [-0.4, -0.2) is 16.3 Å². The molecule has 1 aromatic carbocycles. The number of nitrogens with zero attached hydrogens (tertiary/aromatic N) is 1. The number of carboxylic acids is 1. The van der Waals surface area contributed by atoms with Crippen LogP contribution in [0.3, 0.4) is 0 Å². The van der Waals surface area contributed by atoms with Crippen molar-refractivity contribution in [1.29, 1.82) is 0 Å². The number of unbranched alkanes of at least 4 members (excludes halogenated alkanes) is 4. The lowest BCUT2D eigenvalue weighted by molar-refractivity contribution is -0.305. The molecule has 2 rings (SSSR count). The van der Waals surface area contributed by atoms with E-state index < -0.39 is 5.97 Å². The molecule has 0 N–H and O–H groups in total. The fourth-order valence-electron chi connectivity index (χ4n) is 3.09. The van der Waals surface area contributed by atoms with Crippen LogP contribution >= 0.6 is 0 Å². The quantitative estimate of drug-likeness (QED) is 0.490. The third-order valence-corrected chi connectivity index (χ3v) is 4.62. The van der Waals surface area contributed by atoms with E-state index in [1.807, 2.05) is 48.9 Å². The van der Waals surface area contributed by atoms with Gasteiger partial charge in [0.2, 0.25) is 5.78 Å². The van der Waals surface area contributed by atoms with Crippen molar-refractivity contribution in [2.75, 3.05) is 0 Å². The van der Waals surface area contributed by atoms with Crippen LogP contribution in [0, 0.1) is 6.92 Å². The Morgan fingerprint density at radius 1 is 1.00 bits per heavy atom. The van der Waals surface area contributed by atoms with Crippen molar-refractivity contribution in [3.05, 3.63) is 58.9 Å². The van der Waals surface area contributed by atoms with Gasteiger partial charge in [-0.05, 0) is 37.8 Å². The van der Waals surface area contributed by atoms with Crippen LogP contribution in [0.2, 0.25) is 0 Å². The van der Waals surface area contributed by atoms with Gasteiger partial charge in [0.1, 0.15) is 0 Å². The van der Waals surface area contributed by atoms with Gasteiger partial charge in [-0.1, -0.05) is 69.9 Å². The number of hydrogen-bond acceptors (Lipinski definition) is 3. The van der Waals surface area contributed by atoms with Crippen molar-refractivity contribution in [3.63, 3.8) is 0 Å². The molecule has 0 aliphatic heterocycles. The zero-order chi connectivity index (χ0) is 20.2. The molecule has 4 heteroatoms. The van der Waals surface area contributed by atoms with Gasteiger partial charge >= 0.3 is 0 Å². The van der Waals surface area contributed by atoms with Gasteiger partial charge in [-0.3, -0.25) is 4.79 Å². The number of benzene rings is 1. The molecular formula is C23H32NO3-.